The first-order chi connectivity index (χ1) is 19.3. The normalized spacial score (nSPS) is 35.4. The van der Waals surface area contributed by atoms with Gasteiger partial charge in [-0.2, -0.15) is 0 Å². The van der Waals surface area contributed by atoms with Gasteiger partial charge in [-0.25, -0.2) is 9.59 Å². The predicted octanol–water partition coefficient (Wildman–Crippen LogP) is 4.89. The average molecular weight is 563 g/mol. The molecule has 2 bridgehead atoms. The molecular formula is C33H38O8. The molecule has 7 atom stereocenters. The van der Waals surface area contributed by atoms with Crippen molar-refractivity contribution in [2.75, 3.05) is 0 Å². The topological polar surface area (TPSA) is 108 Å². The van der Waals surface area contributed by atoms with Crippen molar-refractivity contribution in [1.82, 2.24) is 0 Å². The maximum Gasteiger partial charge on any atom is 0.338 e. The summed E-state index contributed by atoms with van der Waals surface area (Å²) in [7, 11) is 0. The molecule has 41 heavy (non-hydrogen) atoms. The van der Waals surface area contributed by atoms with Gasteiger partial charge in [0.25, 0.3) is 0 Å². The van der Waals surface area contributed by atoms with Gasteiger partial charge in [0.1, 0.15) is 23.9 Å². The summed E-state index contributed by atoms with van der Waals surface area (Å²) in [5, 5.41) is 12.1. The zero-order valence-corrected chi connectivity index (χ0v) is 24.2. The summed E-state index contributed by atoms with van der Waals surface area (Å²) in [5.74, 6) is -2.02. The Balaban J connectivity index is 1.59. The quantitative estimate of drug-likeness (QED) is 0.301. The summed E-state index contributed by atoms with van der Waals surface area (Å²) in [4.78, 5) is 39.0. The van der Waals surface area contributed by atoms with Crippen molar-refractivity contribution in [2.45, 2.75) is 89.0 Å². The van der Waals surface area contributed by atoms with Gasteiger partial charge in [-0.05, 0) is 70.7 Å². The molecular weight excluding hydrogens is 524 g/mol. The summed E-state index contributed by atoms with van der Waals surface area (Å²) in [6.45, 7) is 8.58. The van der Waals surface area contributed by atoms with E-state index in [4.69, 9.17) is 18.9 Å². The van der Waals surface area contributed by atoms with E-state index in [-0.39, 0.29) is 12.8 Å². The van der Waals surface area contributed by atoms with E-state index in [9.17, 15) is 19.5 Å². The fourth-order valence-corrected chi connectivity index (χ4v) is 7.45. The maximum absolute atomic E-state index is 13.3. The summed E-state index contributed by atoms with van der Waals surface area (Å²) >= 11 is 0. The SMILES string of the molecule is CC(=O)O[C@@H]1[C@H]2C[C@H](OC(=O)/C=C/c3ccccc3)[C@]3(C)[C@@H](OC(=O)c4ccccc4)CC[C@](C)(O)[C@@]13OC2(C)C. The second-order valence-electron chi connectivity index (χ2n) is 12.3. The van der Waals surface area contributed by atoms with E-state index in [1.54, 1.807) is 37.3 Å². The molecule has 5 rings (SSSR count). The molecule has 218 valence electrons. The molecule has 1 heterocycles. The third-order valence-electron chi connectivity index (χ3n) is 9.40. The highest BCUT2D eigenvalue weighted by molar-refractivity contribution is 5.89. The minimum atomic E-state index is -1.54. The van der Waals surface area contributed by atoms with Crippen LogP contribution < -0.4 is 0 Å². The molecule has 2 aromatic rings. The van der Waals surface area contributed by atoms with Gasteiger partial charge in [0.15, 0.2) is 0 Å². The Labute approximate surface area is 240 Å². The fourth-order valence-electron chi connectivity index (χ4n) is 7.45. The Morgan fingerprint density at radius 1 is 0.902 bits per heavy atom. The average Bonchev–Trinajstić information content (AvgIpc) is 3.11. The number of carbonyl (C=O) groups is 3. The monoisotopic (exact) mass is 562 g/mol. The van der Waals surface area contributed by atoms with Crippen LogP contribution in [-0.2, 0) is 28.5 Å². The molecule has 3 fully saturated rings. The zero-order chi connectivity index (χ0) is 29.6. The van der Waals surface area contributed by atoms with Crippen LogP contribution in [0.1, 0.15) is 69.8 Å². The Morgan fingerprint density at radius 2 is 1.54 bits per heavy atom. The zero-order valence-electron chi connectivity index (χ0n) is 24.2. The second-order valence-corrected chi connectivity index (χ2v) is 12.3. The molecule has 0 radical (unpaired) electrons. The molecule has 3 aliphatic rings. The third-order valence-corrected chi connectivity index (χ3v) is 9.40. The first-order valence-electron chi connectivity index (χ1n) is 14.1. The number of esters is 3. The van der Waals surface area contributed by atoms with Gasteiger partial charge in [0.2, 0.25) is 0 Å². The minimum Gasteiger partial charge on any atom is -0.459 e. The van der Waals surface area contributed by atoms with Crippen LogP contribution in [0.3, 0.4) is 0 Å². The molecule has 2 aliphatic carbocycles. The van der Waals surface area contributed by atoms with E-state index < -0.39 is 64.4 Å². The van der Waals surface area contributed by atoms with Crippen molar-refractivity contribution in [3.05, 3.63) is 77.9 Å². The molecule has 1 aliphatic heterocycles. The first-order valence-corrected chi connectivity index (χ1v) is 14.1. The van der Waals surface area contributed by atoms with Gasteiger partial charge in [-0.15, -0.1) is 0 Å². The van der Waals surface area contributed by atoms with Crippen LogP contribution in [0.5, 0.6) is 0 Å². The van der Waals surface area contributed by atoms with Crippen LogP contribution in [0.2, 0.25) is 0 Å². The molecule has 2 aromatic carbocycles. The standard InChI is InChI=1S/C33H38O8/c1-21(34)38-28-24-20-26(39-27(35)17-16-22-12-8-6-9-13-22)32(5)25(40-29(36)23-14-10-7-11-15-23)18-19-31(4,37)33(28,32)41-30(24,2)3/h6-17,24-26,28,37H,18-20H2,1-5H3/b17-16+/t24-,25+,26+,28-,31+,32+,33+/m1/s1. The lowest BCUT2D eigenvalue weighted by atomic mass is 9.47. The third kappa shape index (κ3) is 4.77. The molecule has 0 unspecified atom stereocenters. The van der Waals surface area contributed by atoms with Crippen LogP contribution >= 0.6 is 0 Å². The lowest BCUT2D eigenvalue weighted by molar-refractivity contribution is -0.327. The Bertz CT molecular complexity index is 1330. The van der Waals surface area contributed by atoms with E-state index in [0.29, 0.717) is 12.0 Å². The van der Waals surface area contributed by atoms with Crippen molar-refractivity contribution >= 4 is 24.0 Å². The van der Waals surface area contributed by atoms with Crippen molar-refractivity contribution in [3.63, 3.8) is 0 Å². The van der Waals surface area contributed by atoms with E-state index in [0.717, 1.165) is 5.56 Å². The Morgan fingerprint density at radius 3 is 2.17 bits per heavy atom. The largest absolute Gasteiger partial charge is 0.459 e. The maximum atomic E-state index is 13.3. The lowest BCUT2D eigenvalue weighted by Crippen LogP contribution is -2.79. The lowest BCUT2D eigenvalue weighted by Gasteiger charge is -2.64. The number of aliphatic hydroxyl groups is 1. The molecule has 1 N–H and O–H groups in total. The second kappa shape index (κ2) is 10.4. The van der Waals surface area contributed by atoms with Gasteiger partial charge in [0.05, 0.1) is 22.2 Å². The number of hydrogen-bond donors (Lipinski definition) is 1. The van der Waals surface area contributed by atoms with E-state index in [1.807, 2.05) is 57.2 Å². The smallest absolute Gasteiger partial charge is 0.338 e. The van der Waals surface area contributed by atoms with Crippen molar-refractivity contribution in [2.24, 2.45) is 11.3 Å². The Kier molecular flexibility index (Phi) is 7.37. The Hall–Kier alpha value is -3.49. The minimum absolute atomic E-state index is 0.213. The van der Waals surface area contributed by atoms with E-state index in [1.165, 1.54) is 13.0 Å². The van der Waals surface area contributed by atoms with Crippen molar-refractivity contribution < 1.29 is 38.4 Å². The summed E-state index contributed by atoms with van der Waals surface area (Å²) in [5.41, 5.74) is -3.96. The van der Waals surface area contributed by atoms with Crippen molar-refractivity contribution in [3.8, 4) is 0 Å². The molecule has 8 heteroatoms. The van der Waals surface area contributed by atoms with Gasteiger partial charge >= 0.3 is 17.9 Å². The van der Waals surface area contributed by atoms with Gasteiger partial charge < -0.3 is 24.1 Å². The fraction of sp³-hybridized carbons (Fsp3) is 0.485. The van der Waals surface area contributed by atoms with Crippen LogP contribution in [-0.4, -0.2) is 58.1 Å². The summed E-state index contributed by atoms with van der Waals surface area (Å²) < 4.78 is 25.1. The first kappa shape index (κ1) is 29.0. The summed E-state index contributed by atoms with van der Waals surface area (Å²) in [6.07, 6.45) is 1.32. The van der Waals surface area contributed by atoms with Gasteiger partial charge in [0, 0.05) is 18.9 Å². The molecule has 1 saturated heterocycles. The number of ether oxygens (including phenoxy) is 4. The predicted molar refractivity (Wildman–Crippen MR) is 151 cm³/mol. The highest BCUT2D eigenvalue weighted by atomic mass is 16.6. The van der Waals surface area contributed by atoms with Gasteiger partial charge in [-0.1, -0.05) is 48.5 Å². The molecule has 1 spiro atoms. The highest BCUT2D eigenvalue weighted by Gasteiger charge is 2.82. The number of fused-ring (bicyclic) bond motifs is 1. The van der Waals surface area contributed by atoms with E-state index in [2.05, 4.69) is 0 Å². The summed E-state index contributed by atoms with van der Waals surface area (Å²) in [6, 6.07) is 18.0. The van der Waals surface area contributed by atoms with Crippen LogP contribution in [0.4, 0.5) is 0 Å². The molecule has 2 saturated carbocycles. The van der Waals surface area contributed by atoms with Crippen LogP contribution in [0, 0.1) is 11.3 Å². The molecule has 0 amide bonds. The van der Waals surface area contributed by atoms with Crippen molar-refractivity contribution in [1.29, 1.82) is 0 Å². The number of rotatable bonds is 6. The number of hydrogen-bond acceptors (Lipinski definition) is 8. The number of carbonyl (C=O) groups excluding carboxylic acids is 3. The highest BCUT2D eigenvalue weighted by Crippen LogP contribution is 2.68. The molecule has 0 aromatic heterocycles. The van der Waals surface area contributed by atoms with Crippen LogP contribution in [0.25, 0.3) is 6.08 Å². The molecule has 8 nitrogen and oxygen atoms in total. The van der Waals surface area contributed by atoms with Crippen LogP contribution in [0.15, 0.2) is 66.7 Å². The van der Waals surface area contributed by atoms with E-state index >= 15 is 0 Å². The number of benzene rings is 2. The van der Waals surface area contributed by atoms with Gasteiger partial charge in [-0.3, -0.25) is 4.79 Å².